The largest absolute Gasteiger partial charge is 0.303 e. The van der Waals surface area contributed by atoms with E-state index in [0.717, 1.165) is 38.0 Å². The molecule has 0 saturated carbocycles. The highest BCUT2D eigenvalue weighted by molar-refractivity contribution is 6.31. The van der Waals surface area contributed by atoms with Crippen LogP contribution in [0, 0.1) is 11.3 Å². The van der Waals surface area contributed by atoms with E-state index in [9.17, 15) is 4.79 Å². The Morgan fingerprint density at radius 3 is 2.50 bits per heavy atom. The van der Waals surface area contributed by atoms with Gasteiger partial charge in [-0.25, -0.2) is 0 Å². The summed E-state index contributed by atoms with van der Waals surface area (Å²) in [5.41, 5.74) is 1.08. The van der Waals surface area contributed by atoms with Crippen molar-refractivity contribution in [3.05, 3.63) is 34.9 Å². The van der Waals surface area contributed by atoms with Crippen LogP contribution >= 0.6 is 11.6 Å². The Bertz CT molecular complexity index is 470. The molecule has 0 radical (unpaired) electrons. The van der Waals surface area contributed by atoms with Crippen molar-refractivity contribution in [1.82, 2.24) is 4.90 Å². The number of halogens is 1. The second-order valence-electron chi connectivity index (χ2n) is 6.99. The number of hydrogen-bond donors (Lipinski definition) is 0. The summed E-state index contributed by atoms with van der Waals surface area (Å²) < 4.78 is 0. The number of benzene rings is 1. The third-order valence-electron chi connectivity index (χ3n) is 3.77. The Morgan fingerprint density at radius 1 is 1.30 bits per heavy atom. The highest BCUT2D eigenvalue weighted by Gasteiger charge is 2.27. The summed E-state index contributed by atoms with van der Waals surface area (Å²) in [6.45, 7) is 9.93. The SMILES string of the molecule is CC(C)(C)CN1CCC(C(=O)c2cccc(Cl)c2)CC1. The van der Waals surface area contributed by atoms with Gasteiger partial charge >= 0.3 is 0 Å². The topological polar surface area (TPSA) is 20.3 Å². The van der Waals surface area contributed by atoms with Crippen LogP contribution in [0.25, 0.3) is 0 Å². The zero-order chi connectivity index (χ0) is 14.8. The maximum Gasteiger partial charge on any atom is 0.166 e. The van der Waals surface area contributed by atoms with Gasteiger partial charge in [0.25, 0.3) is 0 Å². The first-order chi connectivity index (χ1) is 9.35. The maximum atomic E-state index is 12.5. The second-order valence-corrected chi connectivity index (χ2v) is 7.42. The van der Waals surface area contributed by atoms with Gasteiger partial charge in [0.15, 0.2) is 5.78 Å². The van der Waals surface area contributed by atoms with Gasteiger partial charge in [-0.1, -0.05) is 44.5 Å². The Morgan fingerprint density at radius 2 is 1.95 bits per heavy atom. The Hall–Kier alpha value is -0.860. The lowest BCUT2D eigenvalue weighted by Gasteiger charge is -2.35. The van der Waals surface area contributed by atoms with Gasteiger partial charge in [-0.2, -0.15) is 0 Å². The number of likely N-dealkylation sites (tertiary alicyclic amines) is 1. The molecule has 0 bridgehead atoms. The number of rotatable bonds is 3. The zero-order valence-electron chi connectivity index (χ0n) is 12.7. The van der Waals surface area contributed by atoms with Gasteiger partial charge in [-0.05, 0) is 43.5 Å². The first-order valence-corrected chi connectivity index (χ1v) is 7.75. The molecule has 0 unspecified atom stereocenters. The average molecular weight is 294 g/mol. The normalized spacial score (nSPS) is 18.2. The molecule has 3 heteroatoms. The highest BCUT2D eigenvalue weighted by atomic mass is 35.5. The van der Waals surface area contributed by atoms with Crippen LogP contribution in [0.1, 0.15) is 44.0 Å². The molecule has 0 atom stereocenters. The van der Waals surface area contributed by atoms with Crippen molar-refractivity contribution in [3.63, 3.8) is 0 Å². The van der Waals surface area contributed by atoms with Crippen molar-refractivity contribution in [2.24, 2.45) is 11.3 Å². The van der Waals surface area contributed by atoms with Crippen LogP contribution < -0.4 is 0 Å². The summed E-state index contributed by atoms with van der Waals surface area (Å²) in [6.07, 6.45) is 1.92. The number of carbonyl (C=O) groups is 1. The van der Waals surface area contributed by atoms with Gasteiger partial charge < -0.3 is 4.90 Å². The van der Waals surface area contributed by atoms with E-state index in [1.165, 1.54) is 0 Å². The Kier molecular flexibility index (Phi) is 4.87. The molecule has 1 heterocycles. The van der Waals surface area contributed by atoms with Gasteiger partial charge in [0, 0.05) is 23.0 Å². The van der Waals surface area contributed by atoms with E-state index in [2.05, 4.69) is 25.7 Å². The minimum atomic E-state index is 0.157. The summed E-state index contributed by atoms with van der Waals surface area (Å²) >= 11 is 5.96. The quantitative estimate of drug-likeness (QED) is 0.775. The third-order valence-corrected chi connectivity index (χ3v) is 4.00. The molecule has 20 heavy (non-hydrogen) atoms. The van der Waals surface area contributed by atoms with E-state index < -0.39 is 0 Å². The summed E-state index contributed by atoms with van der Waals surface area (Å²) in [5.74, 6) is 0.410. The molecular formula is C17H24ClNO. The van der Waals surface area contributed by atoms with Crippen LogP contribution in [0.2, 0.25) is 5.02 Å². The molecule has 1 aliphatic rings. The molecule has 110 valence electrons. The minimum Gasteiger partial charge on any atom is -0.303 e. The van der Waals surface area contributed by atoms with E-state index in [1.54, 1.807) is 6.07 Å². The molecule has 0 spiro atoms. The molecule has 2 nitrogen and oxygen atoms in total. The zero-order valence-corrected chi connectivity index (χ0v) is 13.4. The monoisotopic (exact) mass is 293 g/mol. The molecule has 1 saturated heterocycles. The number of hydrogen-bond acceptors (Lipinski definition) is 2. The van der Waals surface area contributed by atoms with Crippen molar-refractivity contribution in [1.29, 1.82) is 0 Å². The van der Waals surface area contributed by atoms with E-state index in [1.807, 2.05) is 18.2 Å². The molecular weight excluding hydrogens is 270 g/mol. The predicted molar refractivity (Wildman–Crippen MR) is 84.4 cm³/mol. The van der Waals surface area contributed by atoms with Gasteiger partial charge in [0.2, 0.25) is 0 Å². The lowest BCUT2D eigenvalue weighted by Crippen LogP contribution is -2.40. The van der Waals surface area contributed by atoms with Gasteiger partial charge in [0.1, 0.15) is 0 Å². The lowest BCUT2D eigenvalue weighted by atomic mass is 9.87. The fourth-order valence-corrected chi connectivity index (χ4v) is 3.09. The number of piperidine rings is 1. The number of ketones is 1. The number of Topliss-reactive ketones (excluding diaryl/α,β-unsaturated/α-hetero) is 1. The minimum absolute atomic E-state index is 0.157. The van der Waals surface area contributed by atoms with Crippen LogP contribution in [-0.2, 0) is 0 Å². The Balaban J connectivity index is 1.92. The summed E-state index contributed by atoms with van der Waals surface area (Å²) in [7, 11) is 0. The van der Waals surface area contributed by atoms with Crippen LogP contribution in [0.3, 0.4) is 0 Å². The first kappa shape index (κ1) is 15.5. The summed E-state index contributed by atoms with van der Waals surface area (Å²) in [6, 6.07) is 7.32. The molecule has 0 N–H and O–H groups in total. The van der Waals surface area contributed by atoms with E-state index >= 15 is 0 Å². The van der Waals surface area contributed by atoms with E-state index in [4.69, 9.17) is 11.6 Å². The maximum absolute atomic E-state index is 12.5. The van der Waals surface area contributed by atoms with E-state index in [-0.39, 0.29) is 11.7 Å². The molecule has 1 aromatic carbocycles. The fraction of sp³-hybridized carbons (Fsp3) is 0.588. The second kappa shape index (κ2) is 6.28. The molecule has 2 rings (SSSR count). The lowest BCUT2D eigenvalue weighted by molar-refractivity contribution is 0.0807. The molecule has 1 fully saturated rings. The molecule has 0 aromatic heterocycles. The van der Waals surface area contributed by atoms with Crippen molar-refractivity contribution in [3.8, 4) is 0 Å². The molecule has 0 aliphatic carbocycles. The average Bonchev–Trinajstić information content (AvgIpc) is 2.37. The van der Waals surface area contributed by atoms with Crippen LogP contribution in [-0.4, -0.2) is 30.3 Å². The van der Waals surface area contributed by atoms with Crippen molar-refractivity contribution < 1.29 is 4.79 Å². The van der Waals surface area contributed by atoms with Gasteiger partial charge in [-0.15, -0.1) is 0 Å². The van der Waals surface area contributed by atoms with Crippen LogP contribution in [0.4, 0.5) is 0 Å². The fourth-order valence-electron chi connectivity index (χ4n) is 2.90. The number of nitrogens with zero attached hydrogens (tertiary/aromatic N) is 1. The highest BCUT2D eigenvalue weighted by Crippen LogP contribution is 2.25. The van der Waals surface area contributed by atoms with Gasteiger partial charge in [-0.3, -0.25) is 4.79 Å². The molecule has 1 aromatic rings. The Labute approximate surface area is 127 Å². The van der Waals surface area contributed by atoms with Crippen LogP contribution in [0.15, 0.2) is 24.3 Å². The predicted octanol–water partition coefficient (Wildman–Crippen LogP) is 4.28. The summed E-state index contributed by atoms with van der Waals surface area (Å²) in [4.78, 5) is 14.9. The van der Waals surface area contributed by atoms with Gasteiger partial charge in [0.05, 0.1) is 0 Å². The summed E-state index contributed by atoms with van der Waals surface area (Å²) in [5, 5.41) is 0.640. The van der Waals surface area contributed by atoms with Crippen molar-refractivity contribution in [2.45, 2.75) is 33.6 Å². The number of carbonyl (C=O) groups excluding carboxylic acids is 1. The third kappa shape index (κ3) is 4.32. The van der Waals surface area contributed by atoms with Crippen molar-refractivity contribution in [2.75, 3.05) is 19.6 Å². The smallest absolute Gasteiger partial charge is 0.166 e. The molecule has 0 amide bonds. The van der Waals surface area contributed by atoms with E-state index in [0.29, 0.717) is 10.4 Å². The molecule has 1 aliphatic heterocycles. The van der Waals surface area contributed by atoms with Crippen LogP contribution in [0.5, 0.6) is 0 Å². The van der Waals surface area contributed by atoms with Crippen molar-refractivity contribution >= 4 is 17.4 Å². The standard InChI is InChI=1S/C17H24ClNO/c1-17(2,3)12-19-9-7-13(8-10-19)16(20)14-5-4-6-15(18)11-14/h4-6,11,13H,7-10,12H2,1-3H3. The first-order valence-electron chi connectivity index (χ1n) is 7.37.